The lowest BCUT2D eigenvalue weighted by Gasteiger charge is -2.06. The van der Waals surface area contributed by atoms with Crippen LogP contribution in [-0.2, 0) is 23.6 Å². The van der Waals surface area contributed by atoms with E-state index in [-0.39, 0.29) is 11.4 Å². The Bertz CT molecular complexity index is 657. The fourth-order valence-electron chi connectivity index (χ4n) is 1.77. The van der Waals surface area contributed by atoms with Crippen LogP contribution < -0.4 is 5.73 Å². The summed E-state index contributed by atoms with van der Waals surface area (Å²) in [6, 6.07) is 3.83. The van der Waals surface area contributed by atoms with Crippen LogP contribution in [0, 0.1) is 12.7 Å². The summed E-state index contributed by atoms with van der Waals surface area (Å²) >= 11 is 6.09. The summed E-state index contributed by atoms with van der Waals surface area (Å²) in [4.78, 5) is 0.403. The largest absolute Gasteiger partial charge is 0.398 e. The van der Waals surface area contributed by atoms with Gasteiger partial charge in [-0.2, -0.15) is 5.10 Å². The van der Waals surface area contributed by atoms with E-state index in [0.717, 1.165) is 11.8 Å². The highest BCUT2D eigenvalue weighted by Crippen LogP contribution is 2.25. The molecule has 4 nitrogen and oxygen atoms in total. The maximum atomic E-state index is 13.0. The summed E-state index contributed by atoms with van der Waals surface area (Å²) < 4.78 is 26.8. The molecular weight excluding hydrogens is 289 g/mol. The SMILES string of the molecule is Cc1nn(C)c(Cl)c1CS(=O)c1ccc(F)cc1N. The molecule has 2 rings (SSSR count). The number of hydrogen-bond acceptors (Lipinski definition) is 3. The molecule has 0 bridgehead atoms. The number of nitrogens with zero attached hydrogens (tertiary/aromatic N) is 2. The van der Waals surface area contributed by atoms with Gasteiger partial charge in [0.15, 0.2) is 0 Å². The van der Waals surface area contributed by atoms with Gasteiger partial charge in [0, 0.05) is 12.6 Å². The molecule has 0 aliphatic heterocycles. The normalized spacial score (nSPS) is 12.6. The lowest BCUT2D eigenvalue weighted by atomic mass is 10.3. The second kappa shape index (κ2) is 5.30. The monoisotopic (exact) mass is 301 g/mol. The van der Waals surface area contributed by atoms with Crippen molar-refractivity contribution in [2.75, 3.05) is 5.73 Å². The van der Waals surface area contributed by atoms with Crippen molar-refractivity contribution in [3.63, 3.8) is 0 Å². The first kappa shape index (κ1) is 14.0. The third-order valence-electron chi connectivity index (χ3n) is 2.76. The maximum Gasteiger partial charge on any atom is 0.131 e. The molecule has 19 heavy (non-hydrogen) atoms. The highest BCUT2D eigenvalue weighted by atomic mass is 35.5. The molecule has 2 aromatic rings. The zero-order valence-electron chi connectivity index (χ0n) is 10.5. The average molecular weight is 302 g/mol. The van der Waals surface area contributed by atoms with Crippen molar-refractivity contribution in [3.8, 4) is 0 Å². The standard InChI is InChI=1S/C12H13ClFN3OS/c1-7-9(12(13)17(2)16-7)6-19(18)11-4-3-8(14)5-10(11)15/h3-5H,6,15H2,1-2H3. The molecule has 0 saturated carbocycles. The zero-order valence-corrected chi connectivity index (χ0v) is 12.1. The molecule has 0 fully saturated rings. The molecule has 1 aromatic heterocycles. The predicted octanol–water partition coefficient (Wildman–Crippen LogP) is 2.41. The molecule has 0 aliphatic rings. The Morgan fingerprint density at radius 3 is 2.74 bits per heavy atom. The van der Waals surface area contributed by atoms with Crippen LogP contribution in [0.1, 0.15) is 11.3 Å². The third kappa shape index (κ3) is 2.79. The van der Waals surface area contributed by atoms with Crippen LogP contribution in [0.5, 0.6) is 0 Å². The molecule has 2 N–H and O–H groups in total. The molecule has 1 atom stereocenters. The Balaban J connectivity index is 2.31. The van der Waals surface area contributed by atoms with Gasteiger partial charge >= 0.3 is 0 Å². The van der Waals surface area contributed by atoms with Crippen molar-refractivity contribution in [3.05, 3.63) is 40.4 Å². The number of nitrogen functional groups attached to an aromatic ring is 1. The van der Waals surface area contributed by atoms with Crippen LogP contribution in [0.15, 0.2) is 23.1 Å². The van der Waals surface area contributed by atoms with Crippen molar-refractivity contribution in [2.24, 2.45) is 7.05 Å². The number of hydrogen-bond donors (Lipinski definition) is 1. The minimum atomic E-state index is -1.39. The van der Waals surface area contributed by atoms with Gasteiger partial charge in [0.2, 0.25) is 0 Å². The minimum absolute atomic E-state index is 0.177. The highest BCUT2D eigenvalue weighted by Gasteiger charge is 2.16. The van der Waals surface area contributed by atoms with Crippen molar-refractivity contribution in [1.82, 2.24) is 9.78 Å². The second-order valence-corrected chi connectivity index (χ2v) is 5.93. The first-order valence-electron chi connectivity index (χ1n) is 5.51. The molecule has 1 unspecified atom stereocenters. The van der Waals surface area contributed by atoms with Gasteiger partial charge < -0.3 is 5.73 Å². The van der Waals surface area contributed by atoms with Crippen LogP contribution >= 0.6 is 11.6 Å². The van der Waals surface area contributed by atoms with Gasteiger partial charge in [-0.05, 0) is 25.1 Å². The van der Waals surface area contributed by atoms with Crippen LogP contribution in [0.2, 0.25) is 5.15 Å². The molecule has 0 saturated heterocycles. The van der Waals surface area contributed by atoms with Crippen molar-refractivity contribution in [1.29, 1.82) is 0 Å². The number of benzene rings is 1. The van der Waals surface area contributed by atoms with Gasteiger partial charge in [-0.25, -0.2) is 4.39 Å². The number of rotatable bonds is 3. The van der Waals surface area contributed by atoms with Gasteiger partial charge in [0.05, 0.1) is 32.8 Å². The quantitative estimate of drug-likeness (QED) is 0.886. The summed E-state index contributed by atoms with van der Waals surface area (Å²) in [7, 11) is 0.325. The third-order valence-corrected chi connectivity index (χ3v) is 4.65. The smallest absolute Gasteiger partial charge is 0.131 e. The number of halogens is 2. The van der Waals surface area contributed by atoms with E-state index < -0.39 is 16.6 Å². The van der Waals surface area contributed by atoms with Crippen molar-refractivity contribution >= 4 is 28.1 Å². The number of nitrogens with two attached hydrogens (primary N) is 1. The Kier molecular flexibility index (Phi) is 3.91. The van der Waals surface area contributed by atoms with Gasteiger partial charge in [0.25, 0.3) is 0 Å². The van der Waals surface area contributed by atoms with Crippen LogP contribution in [0.25, 0.3) is 0 Å². The summed E-state index contributed by atoms with van der Waals surface area (Å²) in [5.41, 5.74) is 7.28. The molecule has 7 heteroatoms. The number of aromatic nitrogens is 2. The Hall–Kier alpha value is -1.40. The average Bonchev–Trinajstić information content (AvgIpc) is 2.56. The second-order valence-electron chi connectivity index (χ2n) is 4.15. The first-order valence-corrected chi connectivity index (χ1v) is 7.21. The van der Waals surface area contributed by atoms with Crippen molar-refractivity contribution in [2.45, 2.75) is 17.6 Å². The van der Waals surface area contributed by atoms with E-state index in [2.05, 4.69) is 5.10 Å². The fraction of sp³-hybridized carbons (Fsp3) is 0.250. The molecule has 0 aliphatic carbocycles. The van der Waals surface area contributed by atoms with Gasteiger partial charge in [-0.15, -0.1) is 0 Å². The first-order chi connectivity index (χ1) is 8.90. The summed E-state index contributed by atoms with van der Waals surface area (Å²) in [5.74, 6) is -0.247. The zero-order chi connectivity index (χ0) is 14.2. The summed E-state index contributed by atoms with van der Waals surface area (Å²) in [6.45, 7) is 1.80. The van der Waals surface area contributed by atoms with Gasteiger partial charge in [-0.3, -0.25) is 8.89 Å². The molecule has 0 amide bonds. The number of aryl methyl sites for hydroxylation is 2. The Morgan fingerprint density at radius 2 is 2.21 bits per heavy atom. The molecular formula is C12H13ClFN3OS. The van der Waals surface area contributed by atoms with Crippen LogP contribution in [0.3, 0.4) is 0 Å². The van der Waals surface area contributed by atoms with E-state index in [1.807, 2.05) is 0 Å². The lowest BCUT2D eigenvalue weighted by Crippen LogP contribution is -2.02. The lowest BCUT2D eigenvalue weighted by molar-refractivity contribution is 0.627. The van der Waals surface area contributed by atoms with E-state index in [1.54, 1.807) is 14.0 Å². The van der Waals surface area contributed by atoms with E-state index in [0.29, 0.717) is 15.6 Å². The van der Waals surface area contributed by atoms with E-state index in [9.17, 15) is 8.60 Å². The molecule has 102 valence electrons. The van der Waals surface area contributed by atoms with Gasteiger partial charge in [-0.1, -0.05) is 11.6 Å². The molecule has 1 heterocycles. The fourth-order valence-corrected chi connectivity index (χ4v) is 3.40. The summed E-state index contributed by atoms with van der Waals surface area (Å²) in [6.07, 6.45) is 0. The van der Waals surface area contributed by atoms with Crippen molar-refractivity contribution < 1.29 is 8.60 Å². The maximum absolute atomic E-state index is 13.0. The summed E-state index contributed by atoms with van der Waals surface area (Å²) in [5, 5.41) is 4.60. The van der Waals surface area contributed by atoms with Gasteiger partial charge in [0.1, 0.15) is 11.0 Å². The van der Waals surface area contributed by atoms with E-state index in [1.165, 1.54) is 16.8 Å². The Morgan fingerprint density at radius 1 is 1.53 bits per heavy atom. The highest BCUT2D eigenvalue weighted by molar-refractivity contribution is 7.84. The number of anilines is 1. The van der Waals surface area contributed by atoms with E-state index >= 15 is 0 Å². The Labute approximate surface area is 117 Å². The van der Waals surface area contributed by atoms with E-state index in [4.69, 9.17) is 17.3 Å². The minimum Gasteiger partial charge on any atom is -0.398 e. The molecule has 0 radical (unpaired) electrons. The topological polar surface area (TPSA) is 60.9 Å². The van der Waals surface area contributed by atoms with Crippen LogP contribution in [0.4, 0.5) is 10.1 Å². The molecule has 0 spiro atoms. The predicted molar refractivity (Wildman–Crippen MR) is 73.9 cm³/mol. The molecule has 1 aromatic carbocycles. The van der Waals surface area contributed by atoms with Crippen LogP contribution in [-0.4, -0.2) is 14.0 Å².